The third-order valence-corrected chi connectivity index (χ3v) is 6.05. The Kier molecular flexibility index (Phi) is 5.11. The summed E-state index contributed by atoms with van der Waals surface area (Å²) in [6, 6.07) is 6.95. The topological polar surface area (TPSA) is 87.3 Å². The Bertz CT molecular complexity index is 1170. The molecule has 1 saturated heterocycles. The standard InChI is InChI=1S/C22H20ClFN4O3/c23-20-9-13-8-16(26-18(13)11-25-20)21(29)27-17-7-12-1-2-14(24)10-19(12)28(22(17)30)15-3-5-31-6-4-15/h1-2,8-11,15,17,26H,3-7H2,(H,27,29)/t17-/m0/s1. The van der Waals surface area contributed by atoms with Crippen LogP contribution in [-0.4, -0.2) is 47.1 Å². The molecular formula is C22H20ClFN4O3. The number of nitrogens with zero attached hydrogens (tertiary/aromatic N) is 2. The van der Waals surface area contributed by atoms with Crippen LogP contribution < -0.4 is 10.2 Å². The number of ether oxygens (including phenoxy) is 1. The fraction of sp³-hybridized carbons (Fsp3) is 0.318. The number of fused-ring (bicyclic) bond motifs is 2. The molecule has 2 aliphatic rings. The lowest BCUT2D eigenvalue weighted by Crippen LogP contribution is -2.57. The van der Waals surface area contributed by atoms with E-state index in [4.69, 9.17) is 16.3 Å². The number of anilines is 1. The fourth-order valence-corrected chi connectivity index (χ4v) is 4.49. The second-order valence-electron chi connectivity index (χ2n) is 7.83. The smallest absolute Gasteiger partial charge is 0.268 e. The van der Waals surface area contributed by atoms with E-state index in [9.17, 15) is 14.0 Å². The molecule has 7 nitrogen and oxygen atoms in total. The molecule has 1 aromatic carbocycles. The molecule has 1 atom stereocenters. The SMILES string of the molecule is O=C(N[C@H]1Cc2ccc(F)cc2N(C2CCOCC2)C1=O)c1cc2cc(Cl)ncc2[nH]1. The van der Waals surface area contributed by atoms with Crippen molar-refractivity contribution in [2.45, 2.75) is 31.3 Å². The first-order valence-electron chi connectivity index (χ1n) is 10.1. The number of hydrogen-bond donors (Lipinski definition) is 2. The zero-order chi connectivity index (χ0) is 21.5. The van der Waals surface area contributed by atoms with E-state index in [1.54, 1.807) is 29.3 Å². The zero-order valence-electron chi connectivity index (χ0n) is 16.5. The van der Waals surface area contributed by atoms with Crippen molar-refractivity contribution in [3.05, 3.63) is 58.8 Å². The van der Waals surface area contributed by atoms with E-state index in [1.807, 2.05) is 0 Å². The highest BCUT2D eigenvalue weighted by molar-refractivity contribution is 6.30. The summed E-state index contributed by atoms with van der Waals surface area (Å²) < 4.78 is 19.4. The average molecular weight is 443 g/mol. The van der Waals surface area contributed by atoms with Crippen LogP contribution in [-0.2, 0) is 16.0 Å². The van der Waals surface area contributed by atoms with Crippen LogP contribution in [0.1, 0.15) is 28.9 Å². The van der Waals surface area contributed by atoms with Crippen molar-refractivity contribution < 1.29 is 18.7 Å². The Morgan fingerprint density at radius 3 is 2.87 bits per heavy atom. The van der Waals surface area contributed by atoms with Crippen LogP contribution in [0.5, 0.6) is 0 Å². The number of benzene rings is 1. The normalized spacial score (nSPS) is 19.5. The van der Waals surface area contributed by atoms with Gasteiger partial charge in [-0.25, -0.2) is 9.37 Å². The maximum absolute atomic E-state index is 14.0. The number of halogens is 2. The number of carbonyl (C=O) groups excluding carboxylic acids is 2. The first-order valence-corrected chi connectivity index (χ1v) is 10.5. The maximum atomic E-state index is 14.0. The first kappa shape index (κ1) is 20.0. The Hall–Kier alpha value is -2.97. The van der Waals surface area contributed by atoms with Gasteiger partial charge in [-0.05, 0) is 42.7 Å². The number of aromatic nitrogens is 2. The summed E-state index contributed by atoms with van der Waals surface area (Å²) >= 11 is 5.92. The first-order chi connectivity index (χ1) is 15.0. The third-order valence-electron chi connectivity index (χ3n) is 5.84. The number of hydrogen-bond acceptors (Lipinski definition) is 4. The predicted molar refractivity (Wildman–Crippen MR) is 114 cm³/mol. The average Bonchev–Trinajstić information content (AvgIpc) is 3.18. The lowest BCUT2D eigenvalue weighted by molar-refractivity contribution is -0.121. The van der Waals surface area contributed by atoms with Crippen molar-refractivity contribution in [1.82, 2.24) is 15.3 Å². The van der Waals surface area contributed by atoms with Crippen LogP contribution in [0.3, 0.4) is 0 Å². The molecule has 4 heterocycles. The fourth-order valence-electron chi connectivity index (χ4n) is 4.32. The molecular weight excluding hydrogens is 423 g/mol. The van der Waals surface area contributed by atoms with Crippen LogP contribution >= 0.6 is 11.6 Å². The van der Waals surface area contributed by atoms with Gasteiger partial charge in [-0.2, -0.15) is 0 Å². The van der Waals surface area contributed by atoms with Gasteiger partial charge in [0.2, 0.25) is 5.91 Å². The molecule has 0 saturated carbocycles. The van der Waals surface area contributed by atoms with Gasteiger partial charge in [0.1, 0.15) is 22.7 Å². The zero-order valence-corrected chi connectivity index (χ0v) is 17.3. The lowest BCUT2D eigenvalue weighted by atomic mass is 9.93. The predicted octanol–water partition coefficient (Wildman–Crippen LogP) is 3.22. The minimum Gasteiger partial charge on any atom is -0.381 e. The van der Waals surface area contributed by atoms with Gasteiger partial charge < -0.3 is 19.9 Å². The van der Waals surface area contributed by atoms with Gasteiger partial charge in [0, 0.05) is 31.1 Å². The van der Waals surface area contributed by atoms with E-state index in [0.717, 1.165) is 10.9 Å². The summed E-state index contributed by atoms with van der Waals surface area (Å²) in [5.74, 6) is -1.03. The molecule has 9 heteroatoms. The maximum Gasteiger partial charge on any atom is 0.268 e. The molecule has 1 fully saturated rings. The molecule has 31 heavy (non-hydrogen) atoms. The van der Waals surface area contributed by atoms with Crippen molar-refractivity contribution >= 4 is 40.0 Å². The van der Waals surface area contributed by atoms with Crippen LogP contribution in [0.2, 0.25) is 5.15 Å². The van der Waals surface area contributed by atoms with Gasteiger partial charge in [-0.15, -0.1) is 0 Å². The highest BCUT2D eigenvalue weighted by Gasteiger charge is 2.38. The van der Waals surface area contributed by atoms with E-state index in [1.165, 1.54) is 12.1 Å². The van der Waals surface area contributed by atoms with Crippen LogP contribution in [0.15, 0.2) is 36.5 Å². The summed E-state index contributed by atoms with van der Waals surface area (Å²) in [6.07, 6.45) is 3.18. The largest absolute Gasteiger partial charge is 0.381 e. The van der Waals surface area contributed by atoms with Crippen LogP contribution in [0.25, 0.3) is 10.9 Å². The van der Waals surface area contributed by atoms with Crippen molar-refractivity contribution in [2.75, 3.05) is 18.1 Å². The van der Waals surface area contributed by atoms with E-state index in [2.05, 4.69) is 15.3 Å². The quantitative estimate of drug-likeness (QED) is 0.610. The van der Waals surface area contributed by atoms with Gasteiger partial charge in [-0.3, -0.25) is 9.59 Å². The van der Waals surface area contributed by atoms with Gasteiger partial charge >= 0.3 is 0 Å². The number of rotatable bonds is 3. The van der Waals surface area contributed by atoms with E-state index >= 15 is 0 Å². The van der Waals surface area contributed by atoms with Gasteiger partial charge in [-0.1, -0.05) is 17.7 Å². The molecule has 2 aliphatic heterocycles. The minimum absolute atomic E-state index is 0.0946. The molecule has 0 aliphatic carbocycles. The summed E-state index contributed by atoms with van der Waals surface area (Å²) in [4.78, 5) is 35.0. The number of aromatic amines is 1. The summed E-state index contributed by atoms with van der Waals surface area (Å²) in [6.45, 7) is 1.09. The molecule has 2 amide bonds. The van der Waals surface area contributed by atoms with E-state index in [-0.39, 0.29) is 11.9 Å². The summed E-state index contributed by atoms with van der Waals surface area (Å²) in [5, 5.41) is 3.93. The number of nitrogens with one attached hydrogen (secondary N) is 2. The number of H-pyrrole nitrogens is 1. The highest BCUT2D eigenvalue weighted by atomic mass is 35.5. The number of amides is 2. The highest BCUT2D eigenvalue weighted by Crippen LogP contribution is 2.33. The number of pyridine rings is 1. The molecule has 160 valence electrons. The van der Waals surface area contributed by atoms with Crippen molar-refractivity contribution in [3.8, 4) is 0 Å². The summed E-state index contributed by atoms with van der Waals surface area (Å²) in [5.41, 5.74) is 2.39. The second-order valence-corrected chi connectivity index (χ2v) is 8.22. The Morgan fingerprint density at radius 1 is 1.26 bits per heavy atom. The van der Waals surface area contributed by atoms with Crippen molar-refractivity contribution in [1.29, 1.82) is 0 Å². The molecule has 0 radical (unpaired) electrons. The lowest BCUT2D eigenvalue weighted by Gasteiger charge is -2.40. The van der Waals surface area contributed by atoms with Crippen molar-refractivity contribution in [3.63, 3.8) is 0 Å². The third kappa shape index (κ3) is 3.77. The summed E-state index contributed by atoms with van der Waals surface area (Å²) in [7, 11) is 0. The van der Waals surface area contributed by atoms with Crippen LogP contribution in [0.4, 0.5) is 10.1 Å². The van der Waals surface area contributed by atoms with E-state index in [0.29, 0.717) is 54.5 Å². The Balaban J connectivity index is 1.43. The molecule has 0 spiro atoms. The Labute approximate surface area is 182 Å². The molecule has 2 aromatic heterocycles. The molecule has 3 aromatic rings. The van der Waals surface area contributed by atoms with Crippen molar-refractivity contribution in [2.24, 2.45) is 0 Å². The van der Waals surface area contributed by atoms with Gasteiger partial charge in [0.25, 0.3) is 5.91 Å². The molecule has 2 N–H and O–H groups in total. The minimum atomic E-state index is -0.749. The molecule has 0 bridgehead atoms. The Morgan fingerprint density at radius 2 is 2.06 bits per heavy atom. The van der Waals surface area contributed by atoms with Gasteiger partial charge in [0.05, 0.1) is 17.4 Å². The second kappa shape index (κ2) is 7.94. The molecule has 5 rings (SSSR count). The van der Waals surface area contributed by atoms with Crippen LogP contribution in [0, 0.1) is 5.82 Å². The van der Waals surface area contributed by atoms with E-state index < -0.39 is 17.8 Å². The van der Waals surface area contributed by atoms with Gasteiger partial charge in [0.15, 0.2) is 0 Å². The molecule has 0 unspecified atom stereocenters. The number of carbonyl (C=O) groups is 2. The monoisotopic (exact) mass is 442 g/mol.